The number of amides is 2. The van der Waals surface area contributed by atoms with E-state index < -0.39 is 6.10 Å². The van der Waals surface area contributed by atoms with E-state index in [1.807, 2.05) is 11.0 Å². The SMILES string of the molecule is O=C(NC1CCCN(c2ccccc2F)C1)N1CCCC(O)C1. The van der Waals surface area contributed by atoms with E-state index in [0.717, 1.165) is 32.2 Å². The quantitative estimate of drug-likeness (QED) is 0.875. The number of para-hydroxylation sites is 1. The Morgan fingerprint density at radius 1 is 1.17 bits per heavy atom. The molecular formula is C17H24FN3O2. The van der Waals surface area contributed by atoms with Gasteiger partial charge in [-0.1, -0.05) is 12.1 Å². The molecule has 2 aliphatic rings. The Bertz CT molecular complexity index is 554. The molecule has 2 amide bonds. The molecule has 0 aromatic heterocycles. The Balaban J connectivity index is 1.58. The van der Waals surface area contributed by atoms with Crippen LogP contribution in [0.4, 0.5) is 14.9 Å². The molecule has 0 saturated carbocycles. The number of aliphatic hydroxyl groups is 1. The predicted octanol–water partition coefficient (Wildman–Crippen LogP) is 1.96. The molecule has 1 aromatic rings. The fourth-order valence-corrected chi connectivity index (χ4v) is 3.43. The van der Waals surface area contributed by atoms with Crippen LogP contribution in [0, 0.1) is 5.82 Å². The summed E-state index contributed by atoms with van der Waals surface area (Å²) in [6, 6.07) is 6.64. The van der Waals surface area contributed by atoms with Crippen molar-refractivity contribution in [2.45, 2.75) is 37.8 Å². The summed E-state index contributed by atoms with van der Waals surface area (Å²) in [5.74, 6) is -0.223. The Hall–Kier alpha value is -1.82. The maximum atomic E-state index is 13.9. The summed E-state index contributed by atoms with van der Waals surface area (Å²) in [6.45, 7) is 2.50. The first kappa shape index (κ1) is 16.1. The lowest BCUT2D eigenvalue weighted by Gasteiger charge is -2.37. The molecule has 0 bridgehead atoms. The minimum Gasteiger partial charge on any atom is -0.391 e. The van der Waals surface area contributed by atoms with Crippen molar-refractivity contribution in [3.8, 4) is 0 Å². The largest absolute Gasteiger partial charge is 0.391 e. The summed E-state index contributed by atoms with van der Waals surface area (Å²) in [6.07, 6.45) is 2.99. The van der Waals surface area contributed by atoms with Gasteiger partial charge in [-0.2, -0.15) is 0 Å². The van der Waals surface area contributed by atoms with E-state index in [1.54, 1.807) is 17.0 Å². The van der Waals surface area contributed by atoms with E-state index in [1.165, 1.54) is 6.07 Å². The molecule has 2 fully saturated rings. The molecular weight excluding hydrogens is 297 g/mol. The van der Waals surface area contributed by atoms with Crippen molar-refractivity contribution in [1.29, 1.82) is 0 Å². The number of nitrogens with one attached hydrogen (secondary N) is 1. The second-order valence-corrected chi connectivity index (χ2v) is 6.43. The van der Waals surface area contributed by atoms with E-state index >= 15 is 0 Å². The third-order valence-corrected chi connectivity index (χ3v) is 4.63. The maximum absolute atomic E-state index is 13.9. The van der Waals surface area contributed by atoms with Crippen molar-refractivity contribution in [1.82, 2.24) is 10.2 Å². The number of hydrogen-bond acceptors (Lipinski definition) is 3. The predicted molar refractivity (Wildman–Crippen MR) is 87.0 cm³/mol. The Kier molecular flexibility index (Phi) is 5.00. The van der Waals surface area contributed by atoms with Crippen LogP contribution in [0.15, 0.2) is 24.3 Å². The van der Waals surface area contributed by atoms with Crippen LogP contribution in [0.5, 0.6) is 0 Å². The molecule has 23 heavy (non-hydrogen) atoms. The molecule has 0 radical (unpaired) electrons. The number of carbonyl (C=O) groups excluding carboxylic acids is 1. The number of rotatable bonds is 2. The highest BCUT2D eigenvalue weighted by atomic mass is 19.1. The van der Waals surface area contributed by atoms with Gasteiger partial charge in [0.25, 0.3) is 0 Å². The highest BCUT2D eigenvalue weighted by Crippen LogP contribution is 2.23. The molecule has 2 N–H and O–H groups in total. The van der Waals surface area contributed by atoms with Crippen molar-refractivity contribution in [2.75, 3.05) is 31.1 Å². The molecule has 2 aliphatic heterocycles. The summed E-state index contributed by atoms with van der Waals surface area (Å²) in [5, 5.41) is 12.7. The molecule has 3 rings (SSSR count). The summed E-state index contributed by atoms with van der Waals surface area (Å²) < 4.78 is 13.9. The molecule has 5 nitrogen and oxygen atoms in total. The van der Waals surface area contributed by atoms with Gasteiger partial charge in [0.2, 0.25) is 0 Å². The molecule has 2 saturated heterocycles. The lowest BCUT2D eigenvalue weighted by atomic mass is 10.0. The standard InChI is InChI=1S/C17H24FN3O2/c18-15-7-1-2-8-16(15)20-9-3-5-13(11-20)19-17(23)21-10-4-6-14(22)12-21/h1-2,7-8,13-14,22H,3-6,9-12H2,(H,19,23). The number of anilines is 1. The van der Waals surface area contributed by atoms with E-state index in [9.17, 15) is 14.3 Å². The van der Waals surface area contributed by atoms with Crippen molar-refractivity contribution in [3.05, 3.63) is 30.1 Å². The highest BCUT2D eigenvalue weighted by molar-refractivity contribution is 5.74. The van der Waals surface area contributed by atoms with Gasteiger partial charge in [0.15, 0.2) is 0 Å². The second kappa shape index (κ2) is 7.17. The lowest BCUT2D eigenvalue weighted by Crippen LogP contribution is -2.54. The van der Waals surface area contributed by atoms with Crippen molar-refractivity contribution < 1.29 is 14.3 Å². The van der Waals surface area contributed by atoms with Gasteiger partial charge >= 0.3 is 6.03 Å². The summed E-state index contributed by atoms with van der Waals surface area (Å²) in [4.78, 5) is 16.0. The number of carbonyl (C=O) groups is 1. The number of aliphatic hydroxyl groups excluding tert-OH is 1. The molecule has 126 valence electrons. The van der Waals surface area contributed by atoms with E-state index in [-0.39, 0.29) is 17.9 Å². The molecule has 0 spiro atoms. The Labute approximate surface area is 136 Å². The van der Waals surface area contributed by atoms with Gasteiger partial charge in [-0.25, -0.2) is 9.18 Å². The zero-order valence-corrected chi connectivity index (χ0v) is 13.2. The van der Waals surface area contributed by atoms with Gasteiger partial charge in [0.05, 0.1) is 11.8 Å². The highest BCUT2D eigenvalue weighted by Gasteiger charge is 2.27. The number of halogens is 1. The van der Waals surface area contributed by atoms with Crippen LogP contribution in [0.1, 0.15) is 25.7 Å². The minimum atomic E-state index is -0.421. The van der Waals surface area contributed by atoms with Crippen LogP contribution in [0.25, 0.3) is 0 Å². The van der Waals surface area contributed by atoms with E-state index in [0.29, 0.717) is 25.3 Å². The average molecular weight is 321 g/mol. The molecule has 2 unspecified atom stereocenters. The van der Waals surface area contributed by atoms with Crippen LogP contribution >= 0.6 is 0 Å². The van der Waals surface area contributed by atoms with Gasteiger partial charge in [0, 0.05) is 32.2 Å². The van der Waals surface area contributed by atoms with Crippen molar-refractivity contribution >= 4 is 11.7 Å². The molecule has 2 atom stereocenters. The number of likely N-dealkylation sites (tertiary alicyclic amines) is 1. The number of hydrogen-bond donors (Lipinski definition) is 2. The fraction of sp³-hybridized carbons (Fsp3) is 0.588. The van der Waals surface area contributed by atoms with Crippen LogP contribution in [-0.4, -0.2) is 54.4 Å². The Morgan fingerprint density at radius 3 is 2.74 bits per heavy atom. The molecule has 2 heterocycles. The fourth-order valence-electron chi connectivity index (χ4n) is 3.43. The first-order valence-corrected chi connectivity index (χ1v) is 8.36. The van der Waals surface area contributed by atoms with Gasteiger partial charge in [-0.05, 0) is 37.8 Å². The Morgan fingerprint density at radius 2 is 1.96 bits per heavy atom. The van der Waals surface area contributed by atoms with Crippen LogP contribution in [0.3, 0.4) is 0 Å². The lowest BCUT2D eigenvalue weighted by molar-refractivity contribution is 0.0831. The van der Waals surface area contributed by atoms with Crippen LogP contribution < -0.4 is 10.2 Å². The van der Waals surface area contributed by atoms with E-state index in [4.69, 9.17) is 0 Å². The normalized spacial score (nSPS) is 25.3. The van der Waals surface area contributed by atoms with Crippen molar-refractivity contribution in [3.63, 3.8) is 0 Å². The second-order valence-electron chi connectivity index (χ2n) is 6.43. The molecule has 0 aliphatic carbocycles. The van der Waals surface area contributed by atoms with Gasteiger partial charge < -0.3 is 20.2 Å². The van der Waals surface area contributed by atoms with Crippen LogP contribution in [0.2, 0.25) is 0 Å². The third kappa shape index (κ3) is 3.93. The number of β-amino-alcohol motifs (C(OH)–C–C–N with tert-alkyl or cyclic N) is 1. The molecule has 6 heteroatoms. The first-order chi connectivity index (χ1) is 11.1. The van der Waals surface area contributed by atoms with Crippen molar-refractivity contribution in [2.24, 2.45) is 0 Å². The number of benzene rings is 1. The number of urea groups is 1. The summed E-state index contributed by atoms with van der Waals surface area (Å²) in [7, 11) is 0. The summed E-state index contributed by atoms with van der Waals surface area (Å²) >= 11 is 0. The van der Waals surface area contributed by atoms with Crippen LogP contribution in [-0.2, 0) is 0 Å². The third-order valence-electron chi connectivity index (χ3n) is 4.63. The van der Waals surface area contributed by atoms with Gasteiger partial charge in [0.1, 0.15) is 5.82 Å². The average Bonchev–Trinajstić information content (AvgIpc) is 2.55. The van der Waals surface area contributed by atoms with E-state index in [2.05, 4.69) is 5.32 Å². The smallest absolute Gasteiger partial charge is 0.317 e. The topological polar surface area (TPSA) is 55.8 Å². The summed E-state index contributed by atoms with van der Waals surface area (Å²) in [5.41, 5.74) is 0.597. The first-order valence-electron chi connectivity index (χ1n) is 8.36. The zero-order valence-electron chi connectivity index (χ0n) is 13.2. The van der Waals surface area contributed by atoms with Gasteiger partial charge in [-0.3, -0.25) is 0 Å². The monoisotopic (exact) mass is 321 g/mol. The van der Waals surface area contributed by atoms with Gasteiger partial charge in [-0.15, -0.1) is 0 Å². The minimum absolute atomic E-state index is 0.00919. The maximum Gasteiger partial charge on any atom is 0.317 e. The number of piperidine rings is 2. The molecule has 1 aromatic carbocycles. The zero-order chi connectivity index (χ0) is 16.2. The number of nitrogens with zero attached hydrogens (tertiary/aromatic N) is 2.